The summed E-state index contributed by atoms with van der Waals surface area (Å²) in [5.41, 5.74) is 6.49. The second-order valence-electron chi connectivity index (χ2n) is 5.46. The molecule has 2 rings (SSSR count). The van der Waals surface area contributed by atoms with E-state index in [1.807, 2.05) is 20.8 Å². The van der Waals surface area contributed by atoms with Crippen molar-refractivity contribution in [2.24, 2.45) is 0 Å². The van der Waals surface area contributed by atoms with E-state index in [-0.39, 0.29) is 22.0 Å². The first-order chi connectivity index (χ1) is 11.8. The van der Waals surface area contributed by atoms with Crippen LogP contribution in [-0.2, 0) is 10.0 Å². The Morgan fingerprint density at radius 1 is 1.20 bits per heavy atom. The van der Waals surface area contributed by atoms with Crippen molar-refractivity contribution < 1.29 is 8.42 Å². The molecule has 25 heavy (non-hydrogen) atoms. The van der Waals surface area contributed by atoms with Gasteiger partial charge in [-0.1, -0.05) is 37.6 Å². The molecule has 1 atom stereocenters. The van der Waals surface area contributed by atoms with Crippen LogP contribution in [0.1, 0.15) is 32.4 Å². The number of hydrogen-bond acceptors (Lipinski definition) is 6. The summed E-state index contributed by atoms with van der Waals surface area (Å²) in [7, 11) is -3.46. The number of nitrogens with zero attached hydrogens (tertiary/aromatic N) is 3. The number of sulfonamides is 1. The van der Waals surface area contributed by atoms with Gasteiger partial charge in [-0.3, -0.25) is 0 Å². The van der Waals surface area contributed by atoms with E-state index in [4.69, 9.17) is 17.3 Å². The molecule has 7 nitrogen and oxygen atoms in total. The van der Waals surface area contributed by atoms with Crippen LogP contribution in [0, 0.1) is 0 Å². The highest BCUT2D eigenvalue weighted by molar-refractivity contribution is 7.89. The molecular weight excluding hydrogens is 362 g/mol. The van der Waals surface area contributed by atoms with Gasteiger partial charge in [0.2, 0.25) is 16.0 Å². The highest BCUT2D eigenvalue weighted by Gasteiger charge is 2.21. The van der Waals surface area contributed by atoms with Crippen molar-refractivity contribution in [3.05, 3.63) is 41.0 Å². The smallest absolute Gasteiger partial charge is 0.243 e. The molecule has 0 spiro atoms. The number of halogens is 1. The van der Waals surface area contributed by atoms with Crippen LogP contribution in [0.4, 0.5) is 11.8 Å². The summed E-state index contributed by atoms with van der Waals surface area (Å²) in [6.45, 7) is 6.45. The zero-order valence-corrected chi connectivity index (χ0v) is 16.0. The van der Waals surface area contributed by atoms with Gasteiger partial charge in [0.05, 0.1) is 4.90 Å². The Morgan fingerprint density at radius 3 is 2.32 bits per heavy atom. The van der Waals surface area contributed by atoms with Crippen molar-refractivity contribution in [2.45, 2.75) is 31.7 Å². The first kappa shape index (κ1) is 19.4. The van der Waals surface area contributed by atoms with Gasteiger partial charge in [-0.2, -0.15) is 9.29 Å². The van der Waals surface area contributed by atoms with E-state index in [0.717, 1.165) is 5.56 Å². The number of nitrogen functional groups attached to an aromatic ring is 1. The molecule has 0 fully saturated rings. The Hall–Kier alpha value is -1.90. The molecule has 1 unspecified atom stereocenters. The normalized spacial score (nSPS) is 13.0. The topological polar surface area (TPSA) is 101 Å². The van der Waals surface area contributed by atoms with Gasteiger partial charge in [0.1, 0.15) is 11.0 Å². The third-order valence-corrected chi connectivity index (χ3v) is 6.06. The SMILES string of the molecule is CCN(CC)S(=O)(=O)c1ccc(C(C)Nc2cc(Cl)nc(N)n2)cc1. The van der Waals surface area contributed by atoms with Crippen LogP contribution in [0.3, 0.4) is 0 Å². The lowest BCUT2D eigenvalue weighted by Crippen LogP contribution is -2.30. The minimum absolute atomic E-state index is 0.0860. The Kier molecular flexibility index (Phi) is 6.21. The third-order valence-electron chi connectivity index (χ3n) is 3.80. The Morgan fingerprint density at radius 2 is 1.80 bits per heavy atom. The Labute approximate surface area is 153 Å². The fourth-order valence-electron chi connectivity index (χ4n) is 2.46. The number of hydrogen-bond donors (Lipinski definition) is 2. The number of aromatic nitrogens is 2. The average molecular weight is 384 g/mol. The molecule has 0 aliphatic rings. The van der Waals surface area contributed by atoms with E-state index in [9.17, 15) is 8.42 Å². The van der Waals surface area contributed by atoms with E-state index >= 15 is 0 Å². The van der Waals surface area contributed by atoms with Crippen LogP contribution in [0.2, 0.25) is 5.15 Å². The fourth-order valence-corrected chi connectivity index (χ4v) is 4.10. The lowest BCUT2D eigenvalue weighted by Gasteiger charge is -2.19. The molecule has 1 aromatic heterocycles. The van der Waals surface area contributed by atoms with Crippen molar-refractivity contribution in [1.82, 2.24) is 14.3 Å². The molecule has 3 N–H and O–H groups in total. The quantitative estimate of drug-likeness (QED) is 0.713. The molecule has 0 amide bonds. The summed E-state index contributed by atoms with van der Waals surface area (Å²) >= 11 is 5.87. The first-order valence-corrected chi connectivity index (χ1v) is 9.76. The highest BCUT2D eigenvalue weighted by Crippen LogP contribution is 2.23. The zero-order chi connectivity index (χ0) is 18.6. The second kappa shape index (κ2) is 7.99. The van der Waals surface area contributed by atoms with Crippen molar-refractivity contribution in [3.8, 4) is 0 Å². The molecule has 2 aromatic rings. The predicted octanol–water partition coefficient (Wildman–Crippen LogP) is 2.92. The van der Waals surface area contributed by atoms with Crippen molar-refractivity contribution in [2.75, 3.05) is 24.1 Å². The highest BCUT2D eigenvalue weighted by atomic mass is 35.5. The van der Waals surface area contributed by atoms with Crippen LogP contribution in [-0.4, -0.2) is 35.8 Å². The molecule has 0 bridgehead atoms. The van der Waals surface area contributed by atoms with Crippen LogP contribution in [0.25, 0.3) is 0 Å². The zero-order valence-electron chi connectivity index (χ0n) is 14.4. The standard InChI is InChI=1S/C16H22ClN5O2S/c1-4-22(5-2)25(23,24)13-8-6-12(7-9-13)11(3)19-15-10-14(17)20-16(18)21-15/h6-11H,4-5H2,1-3H3,(H3,18,19,20,21). The predicted molar refractivity (Wildman–Crippen MR) is 100 cm³/mol. The third kappa shape index (κ3) is 4.59. The summed E-state index contributed by atoms with van der Waals surface area (Å²) < 4.78 is 26.4. The van der Waals surface area contributed by atoms with E-state index in [1.54, 1.807) is 30.3 Å². The lowest BCUT2D eigenvalue weighted by molar-refractivity contribution is 0.445. The average Bonchev–Trinajstić information content (AvgIpc) is 2.55. The minimum atomic E-state index is -3.46. The molecular formula is C16H22ClN5O2S. The largest absolute Gasteiger partial charge is 0.368 e. The number of benzene rings is 1. The molecule has 0 aliphatic carbocycles. The molecule has 0 aliphatic heterocycles. The second-order valence-corrected chi connectivity index (χ2v) is 7.78. The number of rotatable bonds is 7. The Balaban J connectivity index is 2.19. The van der Waals surface area contributed by atoms with E-state index in [2.05, 4.69) is 15.3 Å². The molecule has 9 heteroatoms. The van der Waals surface area contributed by atoms with Crippen molar-refractivity contribution in [1.29, 1.82) is 0 Å². The molecule has 0 radical (unpaired) electrons. The van der Waals surface area contributed by atoms with Gasteiger partial charge in [-0.25, -0.2) is 13.4 Å². The molecule has 1 aromatic carbocycles. The minimum Gasteiger partial charge on any atom is -0.368 e. The maximum atomic E-state index is 12.5. The summed E-state index contributed by atoms with van der Waals surface area (Å²) in [4.78, 5) is 8.16. The first-order valence-electron chi connectivity index (χ1n) is 7.94. The molecule has 0 saturated heterocycles. The van der Waals surface area contributed by atoms with Gasteiger partial charge >= 0.3 is 0 Å². The van der Waals surface area contributed by atoms with Crippen LogP contribution >= 0.6 is 11.6 Å². The fraction of sp³-hybridized carbons (Fsp3) is 0.375. The van der Waals surface area contributed by atoms with Crippen molar-refractivity contribution in [3.63, 3.8) is 0 Å². The summed E-state index contributed by atoms with van der Waals surface area (Å²) in [6, 6.07) is 8.24. The maximum Gasteiger partial charge on any atom is 0.243 e. The molecule has 0 saturated carbocycles. The number of anilines is 2. The van der Waals surface area contributed by atoms with Crippen LogP contribution in [0.15, 0.2) is 35.2 Å². The van der Waals surface area contributed by atoms with Gasteiger partial charge in [0, 0.05) is 25.2 Å². The lowest BCUT2D eigenvalue weighted by atomic mass is 10.1. The monoisotopic (exact) mass is 383 g/mol. The van der Waals surface area contributed by atoms with Gasteiger partial charge in [0.25, 0.3) is 0 Å². The van der Waals surface area contributed by atoms with Crippen molar-refractivity contribution >= 4 is 33.4 Å². The summed E-state index contributed by atoms with van der Waals surface area (Å²) in [6.07, 6.45) is 0. The molecule has 1 heterocycles. The summed E-state index contributed by atoms with van der Waals surface area (Å²) in [5, 5.41) is 3.42. The van der Waals surface area contributed by atoms with Gasteiger partial charge in [-0.15, -0.1) is 0 Å². The number of nitrogens with one attached hydrogen (secondary N) is 1. The maximum absolute atomic E-state index is 12.5. The summed E-state index contributed by atoms with van der Waals surface area (Å²) in [5.74, 6) is 0.590. The van der Waals surface area contributed by atoms with Crippen LogP contribution < -0.4 is 11.1 Å². The Bertz CT molecular complexity index is 803. The molecule has 136 valence electrons. The number of nitrogens with two attached hydrogens (primary N) is 1. The van der Waals surface area contributed by atoms with E-state index < -0.39 is 10.0 Å². The van der Waals surface area contributed by atoms with E-state index in [1.165, 1.54) is 4.31 Å². The van der Waals surface area contributed by atoms with Gasteiger partial charge in [0.15, 0.2) is 0 Å². The van der Waals surface area contributed by atoms with Gasteiger partial charge in [-0.05, 0) is 24.6 Å². The van der Waals surface area contributed by atoms with Gasteiger partial charge < -0.3 is 11.1 Å². The van der Waals surface area contributed by atoms with E-state index in [0.29, 0.717) is 18.9 Å². The van der Waals surface area contributed by atoms with Crippen LogP contribution in [0.5, 0.6) is 0 Å².